The highest BCUT2D eigenvalue weighted by Gasteiger charge is 2.19. The average molecular weight is 303 g/mol. The Bertz CT molecular complexity index is 495. The van der Waals surface area contributed by atoms with E-state index in [9.17, 15) is 18.4 Å². The van der Waals surface area contributed by atoms with Crippen molar-refractivity contribution in [2.75, 3.05) is 26.8 Å². The Kier molecular flexibility index (Phi) is 6.54. The minimum absolute atomic E-state index is 0.0607. The molecular weight excluding hydrogens is 288 g/mol. The van der Waals surface area contributed by atoms with Crippen molar-refractivity contribution in [1.29, 1.82) is 0 Å². The third kappa shape index (κ3) is 5.74. The summed E-state index contributed by atoms with van der Waals surface area (Å²) < 4.78 is 33.3. The second-order valence-corrected chi connectivity index (χ2v) is 4.02. The van der Waals surface area contributed by atoms with Crippen LogP contribution in [0.1, 0.15) is 10.4 Å². The number of carboxylic acids is 1. The topological polar surface area (TPSA) is 76.1 Å². The molecule has 116 valence electrons. The van der Waals surface area contributed by atoms with Crippen molar-refractivity contribution in [1.82, 2.24) is 4.90 Å². The van der Waals surface area contributed by atoms with Crippen LogP contribution in [0.5, 0.6) is 5.75 Å². The summed E-state index contributed by atoms with van der Waals surface area (Å²) in [4.78, 5) is 24.0. The summed E-state index contributed by atoms with van der Waals surface area (Å²) >= 11 is 0. The minimum Gasteiger partial charge on any atom is -0.480 e. The van der Waals surface area contributed by atoms with Crippen molar-refractivity contribution in [2.24, 2.45) is 0 Å². The van der Waals surface area contributed by atoms with Crippen molar-refractivity contribution in [2.45, 2.75) is 6.61 Å². The molecule has 6 nitrogen and oxygen atoms in total. The lowest BCUT2D eigenvalue weighted by Gasteiger charge is -2.20. The summed E-state index contributed by atoms with van der Waals surface area (Å²) in [7, 11) is 1.42. The molecule has 1 amide bonds. The van der Waals surface area contributed by atoms with E-state index in [0.29, 0.717) is 0 Å². The highest BCUT2D eigenvalue weighted by atomic mass is 19.3. The Hall–Kier alpha value is -2.22. The Morgan fingerprint density at radius 3 is 2.67 bits per heavy atom. The van der Waals surface area contributed by atoms with E-state index in [1.54, 1.807) is 0 Å². The molecule has 21 heavy (non-hydrogen) atoms. The maximum atomic E-state index is 12.2. The highest BCUT2D eigenvalue weighted by molar-refractivity contribution is 5.96. The van der Waals surface area contributed by atoms with Gasteiger partial charge in [0.1, 0.15) is 12.3 Å². The lowest BCUT2D eigenvalue weighted by atomic mass is 10.2. The van der Waals surface area contributed by atoms with Crippen LogP contribution < -0.4 is 4.74 Å². The minimum atomic E-state index is -3.00. The number of hydrogen-bond donors (Lipinski definition) is 1. The first kappa shape index (κ1) is 16.8. The normalized spacial score (nSPS) is 10.5. The molecule has 0 saturated heterocycles. The first-order chi connectivity index (χ1) is 9.93. The van der Waals surface area contributed by atoms with Crippen molar-refractivity contribution < 1.29 is 33.0 Å². The van der Waals surface area contributed by atoms with Gasteiger partial charge in [-0.2, -0.15) is 8.78 Å². The first-order valence-corrected chi connectivity index (χ1v) is 5.99. The first-order valence-electron chi connectivity index (χ1n) is 5.99. The Balaban J connectivity index is 2.88. The van der Waals surface area contributed by atoms with Crippen LogP contribution >= 0.6 is 0 Å². The molecule has 1 aromatic rings. The molecule has 0 aliphatic carbocycles. The Morgan fingerprint density at radius 2 is 2.10 bits per heavy atom. The molecule has 0 heterocycles. The molecule has 1 N–H and O–H groups in total. The number of nitrogens with zero attached hydrogens (tertiary/aromatic N) is 1. The average Bonchev–Trinajstić information content (AvgIpc) is 2.42. The fraction of sp³-hybridized carbons (Fsp3) is 0.385. The highest BCUT2D eigenvalue weighted by Crippen LogP contribution is 2.17. The van der Waals surface area contributed by atoms with Gasteiger partial charge in [-0.1, -0.05) is 6.07 Å². The number of aliphatic carboxylic acids is 1. The van der Waals surface area contributed by atoms with Crippen LogP contribution in [0.15, 0.2) is 24.3 Å². The number of amides is 1. The molecule has 0 spiro atoms. The molecule has 0 unspecified atom stereocenters. The van der Waals surface area contributed by atoms with Gasteiger partial charge in [0.05, 0.1) is 6.61 Å². The molecule has 0 atom stereocenters. The number of ether oxygens (including phenoxy) is 2. The molecule has 1 rings (SSSR count). The van der Waals surface area contributed by atoms with Crippen molar-refractivity contribution in [3.63, 3.8) is 0 Å². The van der Waals surface area contributed by atoms with Gasteiger partial charge in [0.2, 0.25) is 0 Å². The molecule has 0 aromatic heterocycles. The Labute approximate surface area is 119 Å². The van der Waals surface area contributed by atoms with Crippen molar-refractivity contribution >= 4 is 11.9 Å². The molecule has 0 aliphatic rings. The number of halogens is 2. The number of methoxy groups -OCH3 is 1. The summed E-state index contributed by atoms with van der Waals surface area (Å²) in [5.74, 6) is -1.95. The van der Waals surface area contributed by atoms with E-state index in [1.165, 1.54) is 25.3 Å². The molecule has 0 fully saturated rings. The second kappa shape index (κ2) is 8.15. The van der Waals surface area contributed by atoms with Crippen LogP contribution in [0.3, 0.4) is 0 Å². The molecule has 0 saturated carbocycles. The van der Waals surface area contributed by atoms with E-state index < -0.39 is 25.0 Å². The van der Waals surface area contributed by atoms with Crippen LogP contribution in [0, 0.1) is 0 Å². The van der Waals surface area contributed by atoms with E-state index in [1.807, 2.05) is 0 Å². The predicted molar refractivity (Wildman–Crippen MR) is 68.5 cm³/mol. The fourth-order valence-electron chi connectivity index (χ4n) is 1.61. The molecular formula is C13H15F2NO5. The van der Waals surface area contributed by atoms with Crippen LogP contribution in [-0.4, -0.2) is 55.3 Å². The summed E-state index contributed by atoms with van der Waals surface area (Å²) in [6, 6.07) is 5.18. The van der Waals surface area contributed by atoms with Crippen molar-refractivity contribution in [3.05, 3.63) is 29.8 Å². The van der Waals surface area contributed by atoms with E-state index in [4.69, 9.17) is 9.84 Å². The summed E-state index contributed by atoms with van der Waals surface area (Å²) in [5.41, 5.74) is 0.0607. The number of carboxylic acid groups (broad SMARTS) is 1. The number of rotatable bonds is 8. The number of carbonyl (C=O) groups excluding carboxylic acids is 1. The molecule has 8 heteroatoms. The number of alkyl halides is 2. The predicted octanol–water partition coefficient (Wildman–Crippen LogP) is 1.46. The molecule has 1 aromatic carbocycles. The number of benzene rings is 1. The smallest absolute Gasteiger partial charge is 0.387 e. The number of hydrogen-bond acceptors (Lipinski definition) is 4. The van der Waals surface area contributed by atoms with Crippen LogP contribution in [-0.2, 0) is 9.53 Å². The van der Waals surface area contributed by atoms with Crippen molar-refractivity contribution in [3.8, 4) is 5.75 Å². The lowest BCUT2D eigenvalue weighted by molar-refractivity contribution is -0.137. The largest absolute Gasteiger partial charge is 0.480 e. The van der Waals surface area contributed by atoms with Crippen LogP contribution in [0.2, 0.25) is 0 Å². The van der Waals surface area contributed by atoms with Gasteiger partial charge in [-0.15, -0.1) is 0 Å². The standard InChI is InChI=1S/C13H15F2NO5/c1-20-6-5-16(8-11(17)18)12(19)9-3-2-4-10(7-9)21-13(14)15/h2-4,7,13H,5-6,8H2,1H3,(H,17,18). The van der Waals surface area contributed by atoms with Gasteiger partial charge >= 0.3 is 12.6 Å². The Morgan fingerprint density at radius 1 is 1.38 bits per heavy atom. The zero-order chi connectivity index (χ0) is 15.8. The van der Waals surface area contributed by atoms with Gasteiger partial charge in [0.15, 0.2) is 0 Å². The third-order valence-corrected chi connectivity index (χ3v) is 2.48. The molecule has 0 bridgehead atoms. The molecule has 0 radical (unpaired) electrons. The summed E-state index contributed by atoms with van der Waals surface area (Å²) in [6.45, 7) is -3.28. The van der Waals surface area contributed by atoms with E-state index in [-0.39, 0.29) is 24.5 Å². The molecule has 0 aliphatic heterocycles. The van der Waals surface area contributed by atoms with E-state index >= 15 is 0 Å². The van der Waals surface area contributed by atoms with Crippen LogP contribution in [0.4, 0.5) is 8.78 Å². The van der Waals surface area contributed by atoms with Gasteiger partial charge in [-0.25, -0.2) is 0 Å². The summed E-state index contributed by atoms with van der Waals surface area (Å²) in [5, 5.41) is 8.79. The number of carbonyl (C=O) groups is 2. The van der Waals surface area contributed by atoms with Crippen LogP contribution in [0.25, 0.3) is 0 Å². The SMILES string of the molecule is COCCN(CC(=O)O)C(=O)c1cccc(OC(F)F)c1. The quantitative estimate of drug-likeness (QED) is 0.787. The van der Waals surface area contributed by atoms with Gasteiger partial charge < -0.3 is 19.5 Å². The lowest BCUT2D eigenvalue weighted by Crippen LogP contribution is -2.38. The summed E-state index contributed by atoms with van der Waals surface area (Å²) in [6.07, 6.45) is 0. The van der Waals surface area contributed by atoms with Gasteiger partial charge in [0.25, 0.3) is 5.91 Å². The van der Waals surface area contributed by atoms with Gasteiger partial charge in [-0.3, -0.25) is 9.59 Å². The third-order valence-electron chi connectivity index (χ3n) is 2.48. The maximum absolute atomic E-state index is 12.2. The van der Waals surface area contributed by atoms with Gasteiger partial charge in [0, 0.05) is 19.2 Å². The van der Waals surface area contributed by atoms with Gasteiger partial charge in [-0.05, 0) is 18.2 Å². The fourth-order valence-corrected chi connectivity index (χ4v) is 1.61. The monoisotopic (exact) mass is 303 g/mol. The second-order valence-electron chi connectivity index (χ2n) is 4.02. The van der Waals surface area contributed by atoms with E-state index in [0.717, 1.165) is 11.0 Å². The van der Waals surface area contributed by atoms with E-state index in [2.05, 4.69) is 4.74 Å². The maximum Gasteiger partial charge on any atom is 0.387 e. The zero-order valence-corrected chi connectivity index (χ0v) is 11.3. The zero-order valence-electron chi connectivity index (χ0n) is 11.3.